The number of amides is 1. The van der Waals surface area contributed by atoms with Gasteiger partial charge in [0.25, 0.3) is 0 Å². The van der Waals surface area contributed by atoms with Gasteiger partial charge in [0.05, 0.1) is 18.2 Å². The second-order valence-corrected chi connectivity index (χ2v) is 7.08. The van der Waals surface area contributed by atoms with Crippen molar-refractivity contribution in [3.8, 4) is 0 Å². The molecule has 25 heavy (non-hydrogen) atoms. The average Bonchev–Trinajstić information content (AvgIpc) is 3.17. The fourth-order valence-electron chi connectivity index (χ4n) is 3.61. The quantitative estimate of drug-likeness (QED) is 0.935. The number of rotatable bonds is 3. The minimum Gasteiger partial charge on any atom is -0.338 e. The number of carbonyl (C=O) groups excluding carboxylic acids is 1. The van der Waals surface area contributed by atoms with E-state index >= 15 is 0 Å². The molecular formula is C20H24N4O. The lowest BCUT2D eigenvalue weighted by atomic mass is 10.0. The van der Waals surface area contributed by atoms with Gasteiger partial charge in [0.15, 0.2) is 0 Å². The minimum atomic E-state index is 0.177. The summed E-state index contributed by atoms with van der Waals surface area (Å²) in [6.07, 6.45) is 5.49. The van der Waals surface area contributed by atoms with E-state index in [1.54, 1.807) is 0 Å². The van der Waals surface area contributed by atoms with Crippen LogP contribution >= 0.6 is 0 Å². The van der Waals surface area contributed by atoms with Crippen LogP contribution < -0.4 is 5.32 Å². The van der Waals surface area contributed by atoms with Gasteiger partial charge in [0.1, 0.15) is 5.82 Å². The van der Waals surface area contributed by atoms with Crippen molar-refractivity contribution in [2.75, 3.05) is 13.1 Å². The lowest BCUT2D eigenvalue weighted by Crippen LogP contribution is -2.37. The lowest BCUT2D eigenvalue weighted by Gasteiger charge is -2.28. The Hall–Kier alpha value is -2.27. The molecular weight excluding hydrogens is 312 g/mol. The summed E-state index contributed by atoms with van der Waals surface area (Å²) in [7, 11) is 0. The van der Waals surface area contributed by atoms with Gasteiger partial charge >= 0.3 is 0 Å². The second kappa shape index (κ2) is 6.92. The summed E-state index contributed by atoms with van der Waals surface area (Å²) < 4.78 is 0. The topological polar surface area (TPSA) is 58.1 Å². The van der Waals surface area contributed by atoms with Crippen LogP contribution in [0.15, 0.2) is 30.5 Å². The van der Waals surface area contributed by atoms with Crippen molar-refractivity contribution in [3.63, 3.8) is 0 Å². The molecule has 0 bridgehead atoms. The maximum absolute atomic E-state index is 12.6. The first-order valence-corrected chi connectivity index (χ1v) is 9.10. The zero-order chi connectivity index (χ0) is 17.2. The van der Waals surface area contributed by atoms with E-state index < -0.39 is 0 Å². The molecule has 130 valence electrons. The zero-order valence-corrected chi connectivity index (χ0v) is 14.7. The van der Waals surface area contributed by atoms with Crippen LogP contribution in [0.3, 0.4) is 0 Å². The summed E-state index contributed by atoms with van der Waals surface area (Å²) in [5.74, 6) is 1.09. The van der Waals surface area contributed by atoms with Gasteiger partial charge in [-0.3, -0.25) is 4.79 Å². The normalized spacial score (nSPS) is 19.7. The first-order chi connectivity index (χ1) is 12.2. The van der Waals surface area contributed by atoms with E-state index in [1.165, 1.54) is 12.0 Å². The van der Waals surface area contributed by atoms with Crippen LogP contribution in [0.25, 0.3) is 0 Å². The van der Waals surface area contributed by atoms with E-state index in [-0.39, 0.29) is 5.91 Å². The third kappa shape index (κ3) is 3.56. The Morgan fingerprint density at radius 1 is 1.32 bits per heavy atom. The summed E-state index contributed by atoms with van der Waals surface area (Å²) in [6.45, 7) is 4.47. The highest BCUT2D eigenvalue weighted by Crippen LogP contribution is 2.23. The van der Waals surface area contributed by atoms with Crippen molar-refractivity contribution >= 4 is 5.91 Å². The number of hydrogen-bond acceptors (Lipinski definition) is 4. The molecule has 0 radical (unpaired) electrons. The molecule has 0 aliphatic carbocycles. The Morgan fingerprint density at radius 2 is 2.16 bits per heavy atom. The second-order valence-electron chi connectivity index (χ2n) is 7.08. The van der Waals surface area contributed by atoms with Crippen molar-refractivity contribution < 1.29 is 4.79 Å². The number of aromatic nitrogens is 2. The number of aryl methyl sites for hydroxylation is 1. The number of nitrogens with one attached hydrogen (secondary N) is 1. The summed E-state index contributed by atoms with van der Waals surface area (Å²) in [5, 5.41) is 3.45. The van der Waals surface area contributed by atoms with Crippen molar-refractivity contribution in [1.82, 2.24) is 20.2 Å². The fourth-order valence-corrected chi connectivity index (χ4v) is 3.61. The highest BCUT2D eigenvalue weighted by molar-refractivity contribution is 5.79. The standard InChI is InChI=1S/C20H24N4O/c1-14-4-6-15(7-5-14)11-19(25)24-10-8-17-16(13-24)12-22-20(23-17)18-3-2-9-21-18/h4-7,12,18,21H,2-3,8-11,13H2,1H3. The molecule has 2 aliphatic rings. The van der Waals surface area contributed by atoms with Crippen LogP contribution in [0.4, 0.5) is 0 Å². The van der Waals surface area contributed by atoms with Crippen LogP contribution in [0.1, 0.15) is 47.1 Å². The molecule has 0 saturated carbocycles. The van der Waals surface area contributed by atoms with Crippen molar-refractivity contribution in [2.45, 2.75) is 45.2 Å². The number of nitrogens with zero attached hydrogens (tertiary/aromatic N) is 3. The zero-order valence-electron chi connectivity index (χ0n) is 14.7. The maximum atomic E-state index is 12.6. The minimum absolute atomic E-state index is 0.177. The van der Waals surface area contributed by atoms with Crippen LogP contribution in [-0.4, -0.2) is 33.9 Å². The largest absolute Gasteiger partial charge is 0.338 e. The van der Waals surface area contributed by atoms with Gasteiger partial charge in [-0.15, -0.1) is 0 Å². The number of carbonyl (C=O) groups is 1. The van der Waals surface area contributed by atoms with Gasteiger partial charge in [-0.25, -0.2) is 9.97 Å². The van der Waals surface area contributed by atoms with Crippen LogP contribution in [-0.2, 0) is 24.2 Å². The van der Waals surface area contributed by atoms with Crippen molar-refractivity contribution in [3.05, 3.63) is 58.7 Å². The molecule has 3 heterocycles. The molecule has 1 amide bonds. The van der Waals surface area contributed by atoms with Gasteiger partial charge in [-0.1, -0.05) is 29.8 Å². The number of fused-ring (bicyclic) bond motifs is 1. The predicted molar refractivity (Wildman–Crippen MR) is 96.0 cm³/mol. The Morgan fingerprint density at radius 3 is 2.92 bits per heavy atom. The van der Waals surface area contributed by atoms with E-state index in [1.807, 2.05) is 23.2 Å². The molecule has 4 rings (SSSR count). The van der Waals surface area contributed by atoms with E-state index in [2.05, 4.69) is 29.4 Å². The third-order valence-corrected chi connectivity index (χ3v) is 5.15. The van der Waals surface area contributed by atoms with Gasteiger partial charge in [0, 0.05) is 31.3 Å². The summed E-state index contributed by atoms with van der Waals surface area (Å²) in [6, 6.07) is 8.48. The SMILES string of the molecule is Cc1ccc(CC(=O)N2CCc3nc(C4CCCN4)ncc3C2)cc1. The first kappa shape index (κ1) is 16.2. The van der Waals surface area contributed by atoms with Crippen LogP contribution in [0.2, 0.25) is 0 Å². The molecule has 2 aromatic rings. The predicted octanol–water partition coefficient (Wildman–Crippen LogP) is 2.34. The van der Waals surface area contributed by atoms with E-state index in [0.29, 0.717) is 19.0 Å². The molecule has 1 aromatic heterocycles. The average molecular weight is 336 g/mol. The summed E-state index contributed by atoms with van der Waals surface area (Å²) >= 11 is 0. The molecule has 1 fully saturated rings. The summed E-state index contributed by atoms with van der Waals surface area (Å²) in [5.41, 5.74) is 4.48. The molecule has 2 aliphatic heterocycles. The van der Waals surface area contributed by atoms with E-state index in [4.69, 9.17) is 4.98 Å². The molecule has 1 saturated heterocycles. The number of benzene rings is 1. The highest BCUT2D eigenvalue weighted by Gasteiger charge is 2.25. The van der Waals surface area contributed by atoms with Gasteiger partial charge in [0.2, 0.25) is 5.91 Å². The highest BCUT2D eigenvalue weighted by atomic mass is 16.2. The number of hydrogen-bond donors (Lipinski definition) is 1. The maximum Gasteiger partial charge on any atom is 0.227 e. The third-order valence-electron chi connectivity index (χ3n) is 5.15. The van der Waals surface area contributed by atoms with E-state index in [0.717, 1.165) is 48.6 Å². The van der Waals surface area contributed by atoms with Gasteiger partial charge in [-0.2, -0.15) is 0 Å². The smallest absolute Gasteiger partial charge is 0.227 e. The molecule has 1 N–H and O–H groups in total. The fraction of sp³-hybridized carbons (Fsp3) is 0.450. The molecule has 5 nitrogen and oxygen atoms in total. The van der Waals surface area contributed by atoms with E-state index in [9.17, 15) is 4.79 Å². The Kier molecular flexibility index (Phi) is 4.49. The molecule has 1 aromatic carbocycles. The molecule has 1 atom stereocenters. The lowest BCUT2D eigenvalue weighted by molar-refractivity contribution is -0.131. The van der Waals surface area contributed by atoms with Crippen LogP contribution in [0, 0.1) is 6.92 Å². The first-order valence-electron chi connectivity index (χ1n) is 9.10. The Balaban J connectivity index is 1.43. The van der Waals surface area contributed by atoms with Gasteiger partial charge in [-0.05, 0) is 31.9 Å². The molecule has 0 spiro atoms. The molecule has 5 heteroatoms. The van der Waals surface area contributed by atoms with Gasteiger partial charge < -0.3 is 10.2 Å². The monoisotopic (exact) mass is 336 g/mol. The van der Waals surface area contributed by atoms with Crippen molar-refractivity contribution in [2.24, 2.45) is 0 Å². The Labute approximate surface area is 148 Å². The molecule has 1 unspecified atom stereocenters. The Bertz CT molecular complexity index is 766. The summed E-state index contributed by atoms with van der Waals surface area (Å²) in [4.78, 5) is 23.9. The van der Waals surface area contributed by atoms with Crippen molar-refractivity contribution in [1.29, 1.82) is 0 Å². The van der Waals surface area contributed by atoms with Crippen LogP contribution in [0.5, 0.6) is 0 Å².